The molecule has 72 valence electrons. The molecule has 0 aliphatic heterocycles. The highest BCUT2D eigenvalue weighted by atomic mass is 35.5. The quantitative estimate of drug-likeness (QED) is 0.696. The molecule has 2 atom stereocenters. The first-order valence-electron chi connectivity index (χ1n) is 4.32. The molecule has 0 amide bonds. The second-order valence-electron chi connectivity index (χ2n) is 3.04. The van der Waals surface area contributed by atoms with Gasteiger partial charge >= 0.3 is 0 Å². The lowest BCUT2D eigenvalue weighted by Gasteiger charge is -2.08. The Balaban J connectivity index is 2.11. The van der Waals surface area contributed by atoms with E-state index < -0.39 is 0 Å². The number of allylic oxidation sites excluding steroid dienone is 4. The van der Waals surface area contributed by atoms with E-state index in [1.165, 1.54) is 5.30 Å². The van der Waals surface area contributed by atoms with E-state index in [1.807, 2.05) is 24.3 Å². The summed E-state index contributed by atoms with van der Waals surface area (Å²) in [6.45, 7) is 0. The summed E-state index contributed by atoms with van der Waals surface area (Å²) in [6.07, 6.45) is 3.95. The van der Waals surface area contributed by atoms with E-state index in [4.69, 9.17) is 23.2 Å². The summed E-state index contributed by atoms with van der Waals surface area (Å²) in [5.74, 6) is 0. The average Bonchev–Trinajstić information content (AvgIpc) is 2.52. The second kappa shape index (κ2) is 4.49. The van der Waals surface area contributed by atoms with E-state index in [1.54, 1.807) is 0 Å². The maximum Gasteiger partial charge on any atom is 0.0558 e. The third-order valence-electron chi connectivity index (χ3n) is 2.03. The molecule has 1 aliphatic carbocycles. The summed E-state index contributed by atoms with van der Waals surface area (Å²) in [6, 6.07) is 10.3. The van der Waals surface area contributed by atoms with Gasteiger partial charge in [0.05, 0.1) is 5.03 Å². The van der Waals surface area contributed by atoms with Crippen LogP contribution in [0.1, 0.15) is 0 Å². The Bertz CT molecular complexity index is 382. The van der Waals surface area contributed by atoms with Gasteiger partial charge in [0.25, 0.3) is 0 Å². The largest absolute Gasteiger partial charge is 0.0865 e. The summed E-state index contributed by atoms with van der Waals surface area (Å²) < 4.78 is 0. The highest BCUT2D eigenvalue weighted by Gasteiger charge is 2.17. The average molecular weight is 243 g/mol. The molecule has 0 saturated carbocycles. The van der Waals surface area contributed by atoms with Crippen LogP contribution in [0.4, 0.5) is 0 Å². The smallest absolute Gasteiger partial charge is 0.0558 e. The van der Waals surface area contributed by atoms with Crippen molar-refractivity contribution in [2.45, 2.75) is 5.66 Å². The maximum atomic E-state index is 6.07. The Morgan fingerprint density at radius 2 is 1.79 bits per heavy atom. The zero-order valence-corrected chi connectivity index (χ0v) is 9.89. The van der Waals surface area contributed by atoms with Crippen LogP contribution in [0.2, 0.25) is 0 Å². The molecule has 2 unspecified atom stereocenters. The van der Waals surface area contributed by atoms with Gasteiger partial charge in [-0.25, -0.2) is 0 Å². The molecule has 1 aromatic carbocycles. The zero-order valence-electron chi connectivity index (χ0n) is 7.37. The minimum atomic E-state index is 0.284. The molecule has 0 bridgehead atoms. The number of rotatable bonds is 2. The third kappa shape index (κ3) is 2.20. The Hall–Kier alpha value is -0.290. The van der Waals surface area contributed by atoms with Gasteiger partial charge in [-0.05, 0) is 11.4 Å². The molecule has 1 aliphatic rings. The van der Waals surface area contributed by atoms with Gasteiger partial charge < -0.3 is 0 Å². The van der Waals surface area contributed by atoms with Crippen molar-refractivity contribution in [2.75, 3.05) is 0 Å². The normalized spacial score (nSPS) is 21.4. The number of halogens is 2. The Labute approximate surface area is 95.4 Å². The van der Waals surface area contributed by atoms with Crippen molar-refractivity contribution in [3.63, 3.8) is 0 Å². The lowest BCUT2D eigenvalue weighted by molar-refractivity contribution is 1.42. The highest BCUT2D eigenvalue weighted by Crippen LogP contribution is 2.36. The van der Waals surface area contributed by atoms with E-state index in [0.29, 0.717) is 13.6 Å². The first kappa shape index (κ1) is 10.2. The van der Waals surface area contributed by atoms with Gasteiger partial charge in [0.1, 0.15) is 0 Å². The van der Waals surface area contributed by atoms with Crippen molar-refractivity contribution >= 4 is 37.1 Å². The molecule has 0 aromatic heterocycles. The van der Waals surface area contributed by atoms with Crippen molar-refractivity contribution in [1.29, 1.82) is 0 Å². The van der Waals surface area contributed by atoms with E-state index >= 15 is 0 Å². The molecular weight excluding hydrogens is 234 g/mol. The van der Waals surface area contributed by atoms with Crippen LogP contribution in [0.5, 0.6) is 0 Å². The lowest BCUT2D eigenvalue weighted by Crippen LogP contribution is -2.01. The summed E-state index contributed by atoms with van der Waals surface area (Å²) in [5.41, 5.74) is 0.284. The predicted molar refractivity (Wildman–Crippen MR) is 66.1 cm³/mol. The van der Waals surface area contributed by atoms with Crippen LogP contribution in [0.25, 0.3) is 0 Å². The molecule has 0 heterocycles. The summed E-state index contributed by atoms with van der Waals surface area (Å²) in [5, 5.41) is 2.76. The molecule has 2 rings (SSSR count). The second-order valence-corrected chi connectivity index (χ2v) is 5.35. The topological polar surface area (TPSA) is 0 Å². The Morgan fingerprint density at radius 3 is 2.36 bits per heavy atom. The molecule has 0 radical (unpaired) electrons. The van der Waals surface area contributed by atoms with E-state index in [9.17, 15) is 0 Å². The third-order valence-corrected chi connectivity index (χ3v) is 4.54. The molecule has 0 saturated heterocycles. The van der Waals surface area contributed by atoms with Crippen LogP contribution in [-0.4, -0.2) is 5.66 Å². The Kier molecular flexibility index (Phi) is 3.28. The molecule has 14 heavy (non-hydrogen) atoms. The molecule has 0 nitrogen and oxygen atoms in total. The highest BCUT2D eigenvalue weighted by molar-refractivity contribution is 7.48. The monoisotopic (exact) mass is 242 g/mol. The zero-order chi connectivity index (χ0) is 9.97. The van der Waals surface area contributed by atoms with Crippen LogP contribution in [-0.2, 0) is 0 Å². The SMILES string of the molecule is ClC1=C(Cl)C(Pc2ccccc2)C=C1. The number of hydrogen-bond donors (Lipinski definition) is 0. The molecule has 0 fully saturated rings. The van der Waals surface area contributed by atoms with Gasteiger partial charge in [-0.1, -0.05) is 68.2 Å². The van der Waals surface area contributed by atoms with Crippen molar-refractivity contribution in [2.24, 2.45) is 0 Å². The fraction of sp³-hybridized carbons (Fsp3) is 0.0909. The minimum absolute atomic E-state index is 0.284. The predicted octanol–water partition coefficient (Wildman–Crippen LogP) is 3.62. The summed E-state index contributed by atoms with van der Waals surface area (Å²) >= 11 is 12.0. The van der Waals surface area contributed by atoms with Crippen LogP contribution < -0.4 is 5.30 Å². The summed E-state index contributed by atoms with van der Waals surface area (Å²) in [4.78, 5) is 0. The molecule has 1 aromatic rings. The van der Waals surface area contributed by atoms with Crippen molar-refractivity contribution in [1.82, 2.24) is 0 Å². The fourth-order valence-electron chi connectivity index (χ4n) is 1.32. The van der Waals surface area contributed by atoms with Crippen molar-refractivity contribution in [3.8, 4) is 0 Å². The van der Waals surface area contributed by atoms with Gasteiger partial charge in [-0.3, -0.25) is 0 Å². The van der Waals surface area contributed by atoms with E-state index in [-0.39, 0.29) is 5.66 Å². The molecule has 0 spiro atoms. The van der Waals surface area contributed by atoms with Gasteiger partial charge in [0.15, 0.2) is 0 Å². The van der Waals surface area contributed by atoms with Gasteiger partial charge in [-0.15, -0.1) is 0 Å². The van der Waals surface area contributed by atoms with E-state index in [0.717, 1.165) is 5.03 Å². The molecular formula is C11H9Cl2P. The number of benzene rings is 1. The summed E-state index contributed by atoms with van der Waals surface area (Å²) in [7, 11) is 0.663. The van der Waals surface area contributed by atoms with Crippen LogP contribution in [0, 0.1) is 0 Å². The van der Waals surface area contributed by atoms with Gasteiger partial charge in [-0.2, -0.15) is 0 Å². The van der Waals surface area contributed by atoms with Crippen LogP contribution >= 0.6 is 31.8 Å². The molecule has 3 heteroatoms. The minimum Gasteiger partial charge on any atom is -0.0865 e. The van der Waals surface area contributed by atoms with E-state index in [2.05, 4.69) is 18.2 Å². The number of hydrogen-bond acceptors (Lipinski definition) is 0. The molecule has 0 N–H and O–H groups in total. The lowest BCUT2D eigenvalue weighted by atomic mass is 10.4. The van der Waals surface area contributed by atoms with Gasteiger partial charge in [0.2, 0.25) is 0 Å². The maximum absolute atomic E-state index is 6.07. The first-order valence-corrected chi connectivity index (χ1v) is 6.15. The Morgan fingerprint density at radius 1 is 1.07 bits per heavy atom. The van der Waals surface area contributed by atoms with Crippen molar-refractivity contribution in [3.05, 3.63) is 52.5 Å². The first-order chi connectivity index (χ1) is 6.77. The van der Waals surface area contributed by atoms with Crippen LogP contribution in [0.15, 0.2) is 52.5 Å². The van der Waals surface area contributed by atoms with Crippen LogP contribution in [0.3, 0.4) is 0 Å². The van der Waals surface area contributed by atoms with Crippen molar-refractivity contribution < 1.29 is 0 Å². The van der Waals surface area contributed by atoms with Gasteiger partial charge in [0, 0.05) is 10.7 Å². The fourth-order valence-corrected chi connectivity index (χ4v) is 3.12. The standard InChI is InChI=1S/C11H9Cl2P/c12-9-6-7-10(11(9)13)14-8-4-2-1-3-5-8/h1-7,10,14H.